The predicted octanol–water partition coefficient (Wildman–Crippen LogP) is 1.08. The molecule has 3 aromatic heterocycles. The average molecular weight is 399 g/mol. The molecule has 0 atom stereocenters. The zero-order valence-electron chi connectivity index (χ0n) is 15.8. The zero-order chi connectivity index (χ0) is 20.3. The molecule has 0 unspecified atom stereocenters. The molecule has 0 spiro atoms. The van der Waals surface area contributed by atoms with E-state index in [0.29, 0.717) is 30.0 Å². The van der Waals surface area contributed by atoms with Crippen LogP contribution in [0.4, 0.5) is 0 Å². The second-order valence-electron chi connectivity index (χ2n) is 6.21. The lowest BCUT2D eigenvalue weighted by Gasteiger charge is -2.09. The largest absolute Gasteiger partial charge is 0.402 e. The summed E-state index contributed by atoms with van der Waals surface area (Å²) in [6.07, 6.45) is 7.30. The van der Waals surface area contributed by atoms with Crippen LogP contribution >= 0.6 is 11.3 Å². The third kappa shape index (κ3) is 3.98. The van der Waals surface area contributed by atoms with Crippen LogP contribution in [0, 0.1) is 5.41 Å². The molecule has 0 radical (unpaired) electrons. The number of nitrogens with one attached hydrogen (secondary N) is 1. The molecule has 0 aliphatic rings. The summed E-state index contributed by atoms with van der Waals surface area (Å²) in [5, 5.41) is 22.4. The molecule has 0 saturated heterocycles. The van der Waals surface area contributed by atoms with E-state index in [0.717, 1.165) is 33.5 Å². The van der Waals surface area contributed by atoms with Crippen LogP contribution in [0.5, 0.6) is 0 Å². The van der Waals surface area contributed by atoms with Gasteiger partial charge in [-0.05, 0) is 6.08 Å². The van der Waals surface area contributed by atoms with Crippen molar-refractivity contribution < 1.29 is 4.79 Å². The molecular weight excluding hydrogens is 378 g/mol. The van der Waals surface area contributed by atoms with Gasteiger partial charge in [0.2, 0.25) is 0 Å². The Hall–Kier alpha value is -3.34. The fourth-order valence-corrected chi connectivity index (χ4v) is 3.89. The number of rotatable bonds is 8. The van der Waals surface area contributed by atoms with Gasteiger partial charge in [0.25, 0.3) is 0 Å². The Labute approximate surface area is 165 Å². The second-order valence-corrected chi connectivity index (χ2v) is 7.29. The zero-order valence-corrected chi connectivity index (χ0v) is 16.6. The third-order valence-electron chi connectivity index (χ3n) is 4.04. The van der Waals surface area contributed by atoms with E-state index in [1.165, 1.54) is 22.2 Å². The number of carbonyl (C=O) groups is 1. The van der Waals surface area contributed by atoms with Crippen molar-refractivity contribution in [3.05, 3.63) is 39.9 Å². The number of thiazole rings is 1. The lowest BCUT2D eigenvalue weighted by Crippen LogP contribution is -2.12. The fourth-order valence-electron chi connectivity index (χ4n) is 2.74. The molecule has 10 nitrogen and oxygen atoms in total. The highest BCUT2D eigenvalue weighted by atomic mass is 32.1. The minimum absolute atomic E-state index is 0.453. The van der Waals surface area contributed by atoms with Crippen LogP contribution in [0.2, 0.25) is 0 Å². The van der Waals surface area contributed by atoms with Crippen molar-refractivity contribution in [1.82, 2.24) is 29.6 Å². The van der Waals surface area contributed by atoms with E-state index < -0.39 is 0 Å². The Kier molecular flexibility index (Phi) is 5.64. The van der Waals surface area contributed by atoms with E-state index in [1.807, 2.05) is 7.05 Å². The summed E-state index contributed by atoms with van der Waals surface area (Å²) in [7, 11) is 5.38. The molecule has 0 amide bonds. The van der Waals surface area contributed by atoms with Gasteiger partial charge in [0.15, 0.2) is 11.9 Å². The van der Waals surface area contributed by atoms with Crippen molar-refractivity contribution in [3.8, 4) is 0 Å². The van der Waals surface area contributed by atoms with Crippen molar-refractivity contribution in [2.45, 2.75) is 13.0 Å². The van der Waals surface area contributed by atoms with Gasteiger partial charge in [-0.15, -0.1) is 11.3 Å². The first-order valence-electron chi connectivity index (χ1n) is 8.41. The van der Waals surface area contributed by atoms with Gasteiger partial charge in [0, 0.05) is 45.0 Å². The summed E-state index contributed by atoms with van der Waals surface area (Å²) >= 11 is 1.47. The van der Waals surface area contributed by atoms with Crippen molar-refractivity contribution in [2.24, 2.45) is 24.9 Å². The van der Waals surface area contributed by atoms with Crippen LogP contribution < -0.4 is 5.73 Å². The van der Waals surface area contributed by atoms with Crippen molar-refractivity contribution in [1.29, 1.82) is 5.41 Å². The average Bonchev–Trinajstić information content (AvgIpc) is 3.29. The Bertz CT molecular complexity index is 1070. The van der Waals surface area contributed by atoms with Gasteiger partial charge >= 0.3 is 0 Å². The lowest BCUT2D eigenvalue weighted by molar-refractivity contribution is 0.111. The number of nitrogens with two attached hydrogens (primary N) is 1. The first-order chi connectivity index (χ1) is 13.4. The van der Waals surface area contributed by atoms with E-state index in [4.69, 9.17) is 11.1 Å². The summed E-state index contributed by atoms with van der Waals surface area (Å²) in [5.74, 6) is 0. The third-order valence-corrected chi connectivity index (χ3v) is 5.12. The molecule has 0 aliphatic carbocycles. The van der Waals surface area contributed by atoms with Crippen molar-refractivity contribution >= 4 is 40.4 Å². The standard InChI is InChI=1S/C17H21N9OS/c1-24(9-12-7-21-26(3)23-12)20-8-13-14(10-27)25(2)17-16(13)28-15(22-17)6-11(19)4-5-18/h4-5,7-8,10,18H,6,9,19H2,1-3H3/b11-4?,18-5?,20-8-. The maximum Gasteiger partial charge on any atom is 0.167 e. The first kappa shape index (κ1) is 19.4. The molecule has 146 valence electrons. The Morgan fingerprint density at radius 2 is 2.25 bits per heavy atom. The van der Waals surface area contributed by atoms with Crippen LogP contribution in [-0.4, -0.2) is 55.3 Å². The normalized spacial score (nSPS) is 12.2. The monoisotopic (exact) mass is 399 g/mol. The maximum absolute atomic E-state index is 11.6. The molecule has 3 aromatic rings. The summed E-state index contributed by atoms with van der Waals surface area (Å²) < 4.78 is 2.63. The summed E-state index contributed by atoms with van der Waals surface area (Å²) in [5.41, 5.74) is 9.18. The van der Waals surface area contributed by atoms with E-state index in [1.54, 1.807) is 36.1 Å². The maximum atomic E-state index is 11.6. The molecule has 3 rings (SSSR count). The van der Waals surface area contributed by atoms with Crippen LogP contribution in [0.3, 0.4) is 0 Å². The molecule has 0 bridgehead atoms. The Morgan fingerprint density at radius 1 is 1.46 bits per heavy atom. The van der Waals surface area contributed by atoms with Crippen LogP contribution in [0.25, 0.3) is 10.3 Å². The Balaban J connectivity index is 1.89. The van der Waals surface area contributed by atoms with Crippen molar-refractivity contribution in [3.63, 3.8) is 0 Å². The second kappa shape index (κ2) is 8.13. The van der Waals surface area contributed by atoms with E-state index in [-0.39, 0.29) is 0 Å². The van der Waals surface area contributed by atoms with E-state index in [2.05, 4.69) is 20.3 Å². The minimum Gasteiger partial charge on any atom is -0.402 e. The number of aromatic nitrogens is 5. The van der Waals surface area contributed by atoms with Gasteiger partial charge in [-0.1, -0.05) is 0 Å². The molecular formula is C17H21N9OS. The first-order valence-corrected chi connectivity index (χ1v) is 9.23. The van der Waals surface area contributed by atoms with E-state index >= 15 is 0 Å². The number of aryl methyl sites for hydroxylation is 2. The lowest BCUT2D eigenvalue weighted by atomic mass is 10.3. The van der Waals surface area contributed by atoms with Crippen LogP contribution in [0.1, 0.15) is 26.8 Å². The quantitative estimate of drug-likeness (QED) is 0.331. The smallest absolute Gasteiger partial charge is 0.167 e. The van der Waals surface area contributed by atoms with E-state index in [9.17, 15) is 4.79 Å². The Morgan fingerprint density at radius 3 is 2.89 bits per heavy atom. The summed E-state index contributed by atoms with van der Waals surface area (Å²) in [6, 6.07) is 0. The molecule has 28 heavy (non-hydrogen) atoms. The highest BCUT2D eigenvalue weighted by molar-refractivity contribution is 7.19. The molecule has 0 saturated carbocycles. The van der Waals surface area contributed by atoms with Gasteiger partial charge in [0.05, 0.1) is 29.4 Å². The number of fused-ring (bicyclic) bond motifs is 1. The molecule has 3 heterocycles. The van der Waals surface area contributed by atoms with Crippen LogP contribution in [0.15, 0.2) is 23.1 Å². The van der Waals surface area contributed by atoms with Gasteiger partial charge in [-0.25, -0.2) is 4.98 Å². The van der Waals surface area contributed by atoms with Crippen molar-refractivity contribution in [2.75, 3.05) is 7.05 Å². The number of nitrogens with zero attached hydrogens (tertiary/aromatic N) is 7. The summed E-state index contributed by atoms with van der Waals surface area (Å²) in [4.78, 5) is 17.7. The topological polar surface area (TPSA) is 131 Å². The number of hydrogen-bond donors (Lipinski definition) is 2. The molecule has 0 fully saturated rings. The molecule has 3 N–H and O–H groups in total. The molecule has 0 aromatic carbocycles. The number of hydrazone groups is 1. The van der Waals surface area contributed by atoms with Gasteiger partial charge in [0.1, 0.15) is 10.7 Å². The van der Waals surface area contributed by atoms with Crippen LogP contribution in [-0.2, 0) is 27.1 Å². The number of carbonyl (C=O) groups excluding carboxylic acids is 1. The molecule has 0 aliphatic heterocycles. The van der Waals surface area contributed by atoms with Gasteiger partial charge in [-0.3, -0.25) is 9.80 Å². The summed E-state index contributed by atoms with van der Waals surface area (Å²) in [6.45, 7) is 0.496. The SMILES string of the molecule is CN(Cc1cnn(C)n1)/N=C\c1c(C=O)n(C)c2nc(CC(N)=CC=N)sc12. The highest BCUT2D eigenvalue weighted by Gasteiger charge is 2.18. The minimum atomic E-state index is 0.453. The van der Waals surface area contributed by atoms with Gasteiger partial charge < -0.3 is 15.7 Å². The fraction of sp³-hybridized carbons (Fsp3) is 0.294. The van der Waals surface area contributed by atoms with Gasteiger partial charge in [-0.2, -0.15) is 20.1 Å². The highest BCUT2D eigenvalue weighted by Crippen LogP contribution is 2.29. The molecule has 11 heteroatoms. The number of hydrogen-bond acceptors (Lipinski definition) is 9. The predicted molar refractivity (Wildman–Crippen MR) is 109 cm³/mol. The number of aldehydes is 1. The number of allylic oxidation sites excluding steroid dienone is 2.